The molecule has 1 saturated carbocycles. The van der Waals surface area contributed by atoms with E-state index in [0.717, 1.165) is 19.4 Å². The lowest BCUT2D eigenvalue weighted by Crippen LogP contribution is -2.77. The molecule has 5 aliphatic rings. The van der Waals surface area contributed by atoms with E-state index in [0.29, 0.717) is 5.92 Å². The van der Waals surface area contributed by atoms with Crippen molar-refractivity contribution in [1.82, 2.24) is 4.90 Å². The molecular formula is C15H21NO2S. The number of amides is 1. The van der Waals surface area contributed by atoms with Gasteiger partial charge in [0.15, 0.2) is 0 Å². The predicted octanol–water partition coefficient (Wildman–Crippen LogP) is 2.79. The van der Waals surface area contributed by atoms with Gasteiger partial charge in [0, 0.05) is 12.0 Å². The highest BCUT2D eigenvalue weighted by atomic mass is 32.2. The molecule has 19 heavy (non-hydrogen) atoms. The van der Waals surface area contributed by atoms with Crippen LogP contribution in [-0.2, 0) is 9.59 Å². The number of carbonyl (C=O) groups excluding carboxylic acids is 2. The van der Waals surface area contributed by atoms with Crippen molar-refractivity contribution < 1.29 is 9.59 Å². The van der Waals surface area contributed by atoms with E-state index in [4.69, 9.17) is 0 Å². The van der Waals surface area contributed by atoms with Crippen LogP contribution < -0.4 is 0 Å². The largest absolute Gasteiger partial charge is 0.326 e. The third kappa shape index (κ3) is 1.15. The average Bonchev–Trinajstić information content (AvgIpc) is 2.35. The summed E-state index contributed by atoms with van der Waals surface area (Å²) in [6.45, 7) is 5.07. The van der Waals surface area contributed by atoms with E-state index in [1.54, 1.807) is 0 Å². The zero-order chi connectivity index (χ0) is 13.5. The molecule has 0 aromatic heterocycles. The van der Waals surface area contributed by atoms with Crippen molar-refractivity contribution in [3.8, 4) is 0 Å². The summed E-state index contributed by atoms with van der Waals surface area (Å²) in [5.41, 5.74) is -0.585. The van der Waals surface area contributed by atoms with Gasteiger partial charge in [-0.25, -0.2) is 0 Å². The van der Waals surface area contributed by atoms with Gasteiger partial charge in [-0.1, -0.05) is 25.1 Å². The predicted molar refractivity (Wildman–Crippen MR) is 74.4 cm³/mol. The highest BCUT2D eigenvalue weighted by Crippen LogP contribution is 2.69. The SMILES string of the molecule is CC12CCC[C@@H]3C[C@]4(C)C(=O)S[C@@]31N(CCC2)C4=O. The molecule has 1 spiro atoms. The second-order valence-electron chi connectivity index (χ2n) is 7.33. The maximum absolute atomic E-state index is 12.8. The van der Waals surface area contributed by atoms with Gasteiger partial charge in [0.2, 0.25) is 11.0 Å². The summed E-state index contributed by atoms with van der Waals surface area (Å²) in [5, 5.41) is 0.139. The summed E-state index contributed by atoms with van der Waals surface area (Å²) in [6, 6.07) is 0. The normalized spacial score (nSPS) is 52.3. The Bertz CT molecular complexity index is 489. The first kappa shape index (κ1) is 12.2. The first-order valence-corrected chi connectivity index (χ1v) is 8.31. The van der Waals surface area contributed by atoms with Crippen LogP contribution in [0.2, 0.25) is 0 Å². The Labute approximate surface area is 118 Å². The van der Waals surface area contributed by atoms with Crippen LogP contribution in [0.25, 0.3) is 0 Å². The molecule has 4 aliphatic heterocycles. The number of piperidine rings is 2. The maximum atomic E-state index is 12.8. The molecule has 4 heteroatoms. The Hall–Kier alpha value is -0.510. The lowest BCUT2D eigenvalue weighted by molar-refractivity contribution is -0.180. The Morgan fingerprint density at radius 3 is 2.74 bits per heavy atom. The summed E-state index contributed by atoms with van der Waals surface area (Å²) < 4.78 is 0. The van der Waals surface area contributed by atoms with E-state index in [9.17, 15) is 9.59 Å². The van der Waals surface area contributed by atoms with Crippen molar-refractivity contribution in [3.05, 3.63) is 0 Å². The van der Waals surface area contributed by atoms with Gasteiger partial charge in [-0.3, -0.25) is 9.59 Å². The van der Waals surface area contributed by atoms with E-state index in [-0.39, 0.29) is 21.3 Å². The van der Waals surface area contributed by atoms with Crippen molar-refractivity contribution in [2.24, 2.45) is 16.7 Å². The van der Waals surface area contributed by atoms with Gasteiger partial charge in [-0.05, 0) is 44.9 Å². The standard InChI is InChI=1S/C15H21NO2S/c1-13-6-3-5-10-9-14(2)11(17)16(8-4-7-13)15(10,13)19-12(14)18/h10H,3-9H2,1-2H3/t10-,13?,14+,15+/m1/s1. The van der Waals surface area contributed by atoms with E-state index in [1.807, 2.05) is 6.92 Å². The average molecular weight is 279 g/mol. The molecule has 0 radical (unpaired) electrons. The molecule has 2 bridgehead atoms. The van der Waals surface area contributed by atoms with Crippen molar-refractivity contribution in [2.75, 3.05) is 6.54 Å². The molecule has 5 rings (SSSR count). The summed E-state index contributed by atoms with van der Waals surface area (Å²) in [5.74, 6) is 0.650. The monoisotopic (exact) mass is 279 g/mol. The van der Waals surface area contributed by atoms with Crippen LogP contribution in [-0.4, -0.2) is 27.3 Å². The van der Waals surface area contributed by atoms with E-state index in [2.05, 4.69) is 11.8 Å². The lowest BCUT2D eigenvalue weighted by atomic mass is 9.56. The van der Waals surface area contributed by atoms with E-state index >= 15 is 0 Å². The first-order valence-electron chi connectivity index (χ1n) is 7.50. The fraction of sp³-hybridized carbons (Fsp3) is 0.867. The quantitative estimate of drug-likeness (QED) is 0.640. The van der Waals surface area contributed by atoms with Crippen molar-refractivity contribution >= 4 is 22.8 Å². The third-order valence-corrected chi connectivity index (χ3v) is 8.27. The van der Waals surface area contributed by atoms with Crippen molar-refractivity contribution in [2.45, 2.75) is 57.2 Å². The Morgan fingerprint density at radius 2 is 1.95 bits per heavy atom. The molecular weight excluding hydrogens is 258 g/mol. The van der Waals surface area contributed by atoms with Crippen LogP contribution >= 0.6 is 11.8 Å². The minimum atomic E-state index is -0.729. The fourth-order valence-electron chi connectivity index (χ4n) is 5.31. The summed E-state index contributed by atoms with van der Waals surface area (Å²) in [4.78, 5) is 27.3. The fourth-order valence-corrected chi connectivity index (χ4v) is 7.09. The van der Waals surface area contributed by atoms with Crippen molar-refractivity contribution in [1.29, 1.82) is 0 Å². The van der Waals surface area contributed by atoms with Gasteiger partial charge in [0.25, 0.3) is 0 Å². The molecule has 4 saturated heterocycles. The zero-order valence-electron chi connectivity index (χ0n) is 11.7. The molecule has 0 N–H and O–H groups in total. The highest BCUT2D eigenvalue weighted by molar-refractivity contribution is 8.15. The Morgan fingerprint density at radius 1 is 1.21 bits per heavy atom. The summed E-state index contributed by atoms with van der Waals surface area (Å²) in [7, 11) is 0. The van der Waals surface area contributed by atoms with Crippen LogP contribution in [0.4, 0.5) is 0 Å². The molecule has 5 fully saturated rings. The van der Waals surface area contributed by atoms with Gasteiger partial charge in [0.1, 0.15) is 10.3 Å². The Kier molecular flexibility index (Phi) is 2.18. The van der Waals surface area contributed by atoms with Gasteiger partial charge in [-0.15, -0.1) is 0 Å². The number of rotatable bonds is 0. The third-order valence-electron chi connectivity index (χ3n) is 6.28. The number of carbonyl (C=O) groups is 2. The number of thioether (sulfide) groups is 1. The van der Waals surface area contributed by atoms with Gasteiger partial charge in [-0.2, -0.15) is 0 Å². The van der Waals surface area contributed by atoms with Crippen LogP contribution in [0.1, 0.15) is 52.4 Å². The van der Waals surface area contributed by atoms with Gasteiger partial charge < -0.3 is 4.90 Å². The molecule has 0 aromatic carbocycles. The number of hydrogen-bond acceptors (Lipinski definition) is 3. The number of nitrogens with zero attached hydrogens (tertiary/aromatic N) is 1. The molecule has 3 nitrogen and oxygen atoms in total. The van der Waals surface area contributed by atoms with Crippen LogP contribution in [0.5, 0.6) is 0 Å². The summed E-state index contributed by atoms with van der Waals surface area (Å²) in [6.07, 6.45) is 6.69. The molecule has 1 aliphatic carbocycles. The molecule has 0 aromatic rings. The lowest BCUT2D eigenvalue weighted by Gasteiger charge is -2.70. The van der Waals surface area contributed by atoms with Gasteiger partial charge in [0.05, 0.1) is 0 Å². The van der Waals surface area contributed by atoms with E-state index < -0.39 is 5.41 Å². The highest BCUT2D eigenvalue weighted by Gasteiger charge is 2.73. The smallest absolute Gasteiger partial charge is 0.238 e. The minimum Gasteiger partial charge on any atom is -0.326 e. The number of hydrogen-bond donors (Lipinski definition) is 0. The minimum absolute atomic E-state index is 0.125. The molecule has 4 atom stereocenters. The topological polar surface area (TPSA) is 37.4 Å². The van der Waals surface area contributed by atoms with E-state index in [1.165, 1.54) is 37.4 Å². The zero-order valence-corrected chi connectivity index (χ0v) is 12.5. The number of fused-ring (bicyclic) bond motifs is 1. The molecule has 1 amide bonds. The van der Waals surface area contributed by atoms with Crippen LogP contribution in [0, 0.1) is 16.7 Å². The molecule has 1 unspecified atom stereocenters. The second-order valence-corrected chi connectivity index (χ2v) is 8.53. The van der Waals surface area contributed by atoms with Crippen LogP contribution in [0.3, 0.4) is 0 Å². The van der Waals surface area contributed by atoms with Gasteiger partial charge >= 0.3 is 0 Å². The molecule has 104 valence electrons. The van der Waals surface area contributed by atoms with Crippen LogP contribution in [0.15, 0.2) is 0 Å². The molecule has 4 heterocycles. The summed E-state index contributed by atoms with van der Waals surface area (Å²) >= 11 is 1.53. The Balaban J connectivity index is 1.93. The second kappa shape index (κ2) is 3.38. The van der Waals surface area contributed by atoms with Crippen molar-refractivity contribution in [3.63, 3.8) is 0 Å². The first-order chi connectivity index (χ1) is 8.94. The maximum Gasteiger partial charge on any atom is 0.238 e.